The Morgan fingerprint density at radius 2 is 1.80 bits per heavy atom. The average molecular weight is 479 g/mol. The summed E-state index contributed by atoms with van der Waals surface area (Å²) < 4.78 is 21.9. The van der Waals surface area contributed by atoms with Gasteiger partial charge in [0.05, 0.1) is 13.7 Å². The van der Waals surface area contributed by atoms with Gasteiger partial charge in [0.25, 0.3) is 5.91 Å². The van der Waals surface area contributed by atoms with Crippen molar-refractivity contribution in [1.82, 2.24) is 9.80 Å². The molecule has 0 atom stereocenters. The van der Waals surface area contributed by atoms with Gasteiger partial charge >= 0.3 is 0 Å². The van der Waals surface area contributed by atoms with Crippen LogP contribution in [-0.2, 0) is 17.9 Å². The number of carbonyl (C=O) groups excluding carboxylic acids is 2. The number of hydrogen-bond donors (Lipinski definition) is 0. The SMILES string of the molecule is CCCN(CC(=O)N(Cc1ccc2c(c1)OCO2)Cc1ccc(C)o1)C(=O)c1cccc(OC)c1. The van der Waals surface area contributed by atoms with E-state index in [0.29, 0.717) is 41.7 Å². The van der Waals surface area contributed by atoms with E-state index in [9.17, 15) is 9.59 Å². The quantitative estimate of drug-likeness (QED) is 0.430. The van der Waals surface area contributed by atoms with E-state index >= 15 is 0 Å². The first kappa shape index (κ1) is 24.2. The summed E-state index contributed by atoms with van der Waals surface area (Å²) in [6.07, 6.45) is 0.725. The molecule has 8 nitrogen and oxygen atoms in total. The van der Waals surface area contributed by atoms with Crippen molar-refractivity contribution in [3.63, 3.8) is 0 Å². The number of ether oxygens (including phenoxy) is 3. The standard InChI is InChI=1S/C27H30N2O6/c1-4-12-28(27(31)21-6-5-7-22(14-21)32-3)17-26(30)29(16-23-10-8-19(2)35-23)15-20-9-11-24-25(13-20)34-18-33-24/h5-11,13-14H,4,12,15-18H2,1-3H3. The van der Waals surface area contributed by atoms with Gasteiger partial charge < -0.3 is 28.4 Å². The fourth-order valence-electron chi connectivity index (χ4n) is 3.97. The maximum atomic E-state index is 13.5. The monoisotopic (exact) mass is 478 g/mol. The van der Waals surface area contributed by atoms with Crippen molar-refractivity contribution in [2.45, 2.75) is 33.4 Å². The molecule has 0 radical (unpaired) electrons. The average Bonchev–Trinajstić information content (AvgIpc) is 3.51. The Hall–Kier alpha value is -3.94. The molecule has 2 heterocycles. The lowest BCUT2D eigenvalue weighted by atomic mass is 10.1. The van der Waals surface area contributed by atoms with Crippen molar-refractivity contribution in [1.29, 1.82) is 0 Å². The van der Waals surface area contributed by atoms with Crippen molar-refractivity contribution < 1.29 is 28.2 Å². The normalized spacial score (nSPS) is 11.9. The Labute approximate surface area is 205 Å². The van der Waals surface area contributed by atoms with Crippen molar-refractivity contribution >= 4 is 11.8 Å². The van der Waals surface area contributed by atoms with Crippen LogP contribution in [0.4, 0.5) is 0 Å². The number of rotatable bonds is 10. The van der Waals surface area contributed by atoms with Gasteiger partial charge in [-0.3, -0.25) is 9.59 Å². The molecule has 1 aromatic heterocycles. The highest BCUT2D eigenvalue weighted by atomic mass is 16.7. The fraction of sp³-hybridized carbons (Fsp3) is 0.333. The second-order valence-electron chi connectivity index (χ2n) is 8.41. The lowest BCUT2D eigenvalue weighted by molar-refractivity contribution is -0.133. The molecule has 184 valence electrons. The maximum absolute atomic E-state index is 13.5. The van der Waals surface area contributed by atoms with Gasteiger partial charge in [0.2, 0.25) is 12.7 Å². The minimum Gasteiger partial charge on any atom is -0.497 e. The molecule has 35 heavy (non-hydrogen) atoms. The van der Waals surface area contributed by atoms with Crippen LogP contribution in [0.2, 0.25) is 0 Å². The molecule has 0 aliphatic carbocycles. The number of hydrogen-bond acceptors (Lipinski definition) is 6. The summed E-state index contributed by atoms with van der Waals surface area (Å²) in [6, 6.07) is 16.3. The van der Waals surface area contributed by atoms with E-state index in [1.165, 1.54) is 0 Å². The van der Waals surface area contributed by atoms with Gasteiger partial charge in [0, 0.05) is 18.7 Å². The number of carbonyl (C=O) groups is 2. The van der Waals surface area contributed by atoms with E-state index in [1.807, 2.05) is 44.2 Å². The van der Waals surface area contributed by atoms with Crippen LogP contribution in [0.3, 0.4) is 0 Å². The second kappa shape index (κ2) is 11.0. The van der Waals surface area contributed by atoms with Gasteiger partial charge in [-0.25, -0.2) is 0 Å². The van der Waals surface area contributed by atoms with E-state index < -0.39 is 0 Å². The summed E-state index contributed by atoms with van der Waals surface area (Å²) >= 11 is 0. The molecular formula is C27H30N2O6. The summed E-state index contributed by atoms with van der Waals surface area (Å²) in [5.74, 6) is 3.00. The fourth-order valence-corrected chi connectivity index (χ4v) is 3.97. The Kier molecular flexibility index (Phi) is 7.60. The van der Waals surface area contributed by atoms with Crippen molar-refractivity contribution in [2.24, 2.45) is 0 Å². The van der Waals surface area contributed by atoms with Crippen LogP contribution in [0.15, 0.2) is 59.0 Å². The molecule has 0 saturated heterocycles. The molecule has 0 fully saturated rings. The number of aryl methyl sites for hydroxylation is 1. The zero-order valence-electron chi connectivity index (χ0n) is 20.3. The molecule has 0 saturated carbocycles. The van der Waals surface area contributed by atoms with Crippen LogP contribution in [-0.4, -0.2) is 48.6 Å². The number of methoxy groups -OCH3 is 1. The van der Waals surface area contributed by atoms with E-state index in [-0.39, 0.29) is 31.7 Å². The molecular weight excluding hydrogens is 448 g/mol. The van der Waals surface area contributed by atoms with Gasteiger partial charge in [-0.05, 0) is 61.4 Å². The zero-order valence-corrected chi connectivity index (χ0v) is 20.3. The summed E-state index contributed by atoms with van der Waals surface area (Å²) in [7, 11) is 1.56. The van der Waals surface area contributed by atoms with E-state index in [4.69, 9.17) is 18.6 Å². The molecule has 0 bridgehead atoms. The molecule has 0 unspecified atom stereocenters. The number of furan rings is 1. The minimum atomic E-state index is -0.212. The van der Waals surface area contributed by atoms with E-state index in [2.05, 4.69) is 0 Å². The zero-order chi connectivity index (χ0) is 24.8. The number of benzene rings is 2. The van der Waals surface area contributed by atoms with Crippen LogP contribution in [0.1, 0.15) is 40.8 Å². The van der Waals surface area contributed by atoms with Crippen LogP contribution in [0.25, 0.3) is 0 Å². The summed E-state index contributed by atoms with van der Waals surface area (Å²) in [5, 5.41) is 0. The van der Waals surface area contributed by atoms with Crippen LogP contribution in [0.5, 0.6) is 17.2 Å². The highest BCUT2D eigenvalue weighted by Gasteiger charge is 2.24. The first-order chi connectivity index (χ1) is 17.0. The molecule has 0 N–H and O–H groups in total. The second-order valence-corrected chi connectivity index (χ2v) is 8.41. The Bertz CT molecular complexity index is 1190. The Morgan fingerprint density at radius 1 is 0.971 bits per heavy atom. The first-order valence-corrected chi connectivity index (χ1v) is 11.6. The third kappa shape index (κ3) is 5.95. The predicted octanol–water partition coefficient (Wildman–Crippen LogP) is 4.41. The number of amides is 2. The predicted molar refractivity (Wildman–Crippen MR) is 129 cm³/mol. The van der Waals surface area contributed by atoms with E-state index in [0.717, 1.165) is 17.7 Å². The molecule has 0 spiro atoms. The van der Waals surface area contributed by atoms with Crippen LogP contribution < -0.4 is 14.2 Å². The smallest absolute Gasteiger partial charge is 0.254 e. The topological polar surface area (TPSA) is 81.5 Å². The van der Waals surface area contributed by atoms with Gasteiger partial charge in [-0.1, -0.05) is 19.1 Å². The summed E-state index contributed by atoms with van der Waals surface area (Å²) in [6.45, 7) is 5.06. The van der Waals surface area contributed by atoms with Crippen molar-refractivity contribution in [3.05, 3.63) is 77.2 Å². The lowest BCUT2D eigenvalue weighted by Crippen LogP contribution is -2.42. The van der Waals surface area contributed by atoms with Gasteiger partial charge in [-0.15, -0.1) is 0 Å². The largest absolute Gasteiger partial charge is 0.497 e. The number of fused-ring (bicyclic) bond motifs is 1. The number of nitrogens with zero attached hydrogens (tertiary/aromatic N) is 2. The molecule has 8 heteroatoms. The molecule has 4 rings (SSSR count). The highest BCUT2D eigenvalue weighted by molar-refractivity contribution is 5.96. The summed E-state index contributed by atoms with van der Waals surface area (Å²) in [5.41, 5.74) is 1.38. The molecule has 1 aliphatic rings. The third-order valence-electron chi connectivity index (χ3n) is 5.73. The Balaban J connectivity index is 1.54. The maximum Gasteiger partial charge on any atom is 0.254 e. The molecule has 2 aromatic carbocycles. The van der Waals surface area contributed by atoms with Crippen LogP contribution in [0, 0.1) is 6.92 Å². The third-order valence-corrected chi connectivity index (χ3v) is 5.73. The van der Waals surface area contributed by atoms with Gasteiger partial charge in [0.15, 0.2) is 11.5 Å². The molecule has 1 aliphatic heterocycles. The van der Waals surface area contributed by atoms with Gasteiger partial charge in [-0.2, -0.15) is 0 Å². The Morgan fingerprint density at radius 3 is 2.54 bits per heavy atom. The molecule has 3 aromatic rings. The van der Waals surface area contributed by atoms with Gasteiger partial charge in [0.1, 0.15) is 23.8 Å². The summed E-state index contributed by atoms with van der Waals surface area (Å²) in [4.78, 5) is 30.1. The van der Waals surface area contributed by atoms with Crippen molar-refractivity contribution in [2.75, 3.05) is 27.0 Å². The van der Waals surface area contributed by atoms with Crippen LogP contribution >= 0.6 is 0 Å². The lowest BCUT2D eigenvalue weighted by Gasteiger charge is -2.27. The molecule has 2 amide bonds. The minimum absolute atomic E-state index is 0.0475. The first-order valence-electron chi connectivity index (χ1n) is 11.6. The van der Waals surface area contributed by atoms with E-state index in [1.54, 1.807) is 41.2 Å². The highest BCUT2D eigenvalue weighted by Crippen LogP contribution is 2.33. The van der Waals surface area contributed by atoms with Crippen molar-refractivity contribution in [3.8, 4) is 17.2 Å².